The summed E-state index contributed by atoms with van der Waals surface area (Å²) in [7, 11) is 2.24. The highest BCUT2D eigenvalue weighted by molar-refractivity contribution is 4.88. The number of rotatable bonds is 4. The lowest BCUT2D eigenvalue weighted by Gasteiger charge is -2.40. The Hall–Kier alpha value is -0.120. The van der Waals surface area contributed by atoms with Gasteiger partial charge in [-0.1, -0.05) is 19.3 Å². The first-order valence-electron chi connectivity index (χ1n) is 6.74. The van der Waals surface area contributed by atoms with Crippen molar-refractivity contribution in [1.29, 1.82) is 0 Å². The van der Waals surface area contributed by atoms with Crippen LogP contribution in [0.5, 0.6) is 0 Å². The zero-order valence-electron chi connectivity index (χ0n) is 10.6. The predicted octanol–water partition coefficient (Wildman–Crippen LogP) is 1.62. The van der Waals surface area contributed by atoms with Gasteiger partial charge in [0.25, 0.3) is 0 Å². The monoisotopic (exact) mass is 226 g/mol. The minimum Gasteiger partial charge on any atom is -0.380 e. The average Bonchev–Trinajstić information content (AvgIpc) is 2.84. The van der Waals surface area contributed by atoms with E-state index in [2.05, 4.69) is 11.9 Å². The zero-order valence-corrected chi connectivity index (χ0v) is 10.6. The second-order valence-corrected chi connectivity index (χ2v) is 5.70. The largest absolute Gasteiger partial charge is 0.380 e. The third-order valence-electron chi connectivity index (χ3n) is 4.46. The summed E-state index contributed by atoms with van der Waals surface area (Å²) in [5.74, 6) is 0. The fourth-order valence-electron chi connectivity index (χ4n) is 3.26. The van der Waals surface area contributed by atoms with Crippen molar-refractivity contribution in [3.8, 4) is 0 Å². The molecule has 94 valence electrons. The maximum Gasteiger partial charge on any atom is 0.0622 e. The van der Waals surface area contributed by atoms with Crippen LogP contribution in [0.25, 0.3) is 0 Å². The molecule has 1 aliphatic carbocycles. The van der Waals surface area contributed by atoms with E-state index in [4.69, 9.17) is 10.5 Å². The number of nitrogens with two attached hydrogens (primary N) is 1. The van der Waals surface area contributed by atoms with Gasteiger partial charge in [0.05, 0.1) is 6.61 Å². The van der Waals surface area contributed by atoms with Crippen LogP contribution in [-0.2, 0) is 4.74 Å². The molecule has 2 aliphatic rings. The molecule has 0 bridgehead atoms. The molecular formula is C13H26N2O. The van der Waals surface area contributed by atoms with Gasteiger partial charge >= 0.3 is 0 Å². The maximum absolute atomic E-state index is 6.03. The summed E-state index contributed by atoms with van der Waals surface area (Å²) >= 11 is 0. The van der Waals surface area contributed by atoms with Crippen molar-refractivity contribution in [3.63, 3.8) is 0 Å². The maximum atomic E-state index is 6.03. The van der Waals surface area contributed by atoms with Crippen LogP contribution in [0.3, 0.4) is 0 Å². The molecule has 3 heteroatoms. The minimum absolute atomic E-state index is 0.398. The van der Waals surface area contributed by atoms with E-state index in [1.165, 1.54) is 38.5 Å². The van der Waals surface area contributed by atoms with E-state index in [0.717, 1.165) is 26.3 Å². The fourth-order valence-corrected chi connectivity index (χ4v) is 3.26. The Bertz CT molecular complexity index is 208. The van der Waals surface area contributed by atoms with Crippen LogP contribution in [0.1, 0.15) is 38.5 Å². The Morgan fingerprint density at radius 2 is 2.06 bits per heavy atom. The molecule has 2 N–H and O–H groups in total. The van der Waals surface area contributed by atoms with Gasteiger partial charge < -0.3 is 15.4 Å². The second-order valence-electron chi connectivity index (χ2n) is 5.70. The van der Waals surface area contributed by atoms with Gasteiger partial charge in [0.15, 0.2) is 0 Å². The SMILES string of the molecule is CN(CC1(CN)CCCCC1)C1CCOC1. The molecule has 1 saturated heterocycles. The van der Waals surface area contributed by atoms with E-state index >= 15 is 0 Å². The van der Waals surface area contributed by atoms with Gasteiger partial charge in [-0.15, -0.1) is 0 Å². The Morgan fingerprint density at radius 1 is 1.31 bits per heavy atom. The molecule has 3 nitrogen and oxygen atoms in total. The van der Waals surface area contributed by atoms with Crippen LogP contribution in [0.4, 0.5) is 0 Å². The van der Waals surface area contributed by atoms with Gasteiger partial charge in [0.2, 0.25) is 0 Å². The molecule has 0 amide bonds. The summed E-state index contributed by atoms with van der Waals surface area (Å²) in [6.07, 6.45) is 7.97. The Balaban J connectivity index is 1.89. The van der Waals surface area contributed by atoms with Gasteiger partial charge in [-0.05, 0) is 38.3 Å². The first-order valence-corrected chi connectivity index (χ1v) is 6.74. The molecule has 0 aromatic carbocycles. The molecule has 16 heavy (non-hydrogen) atoms. The van der Waals surface area contributed by atoms with Crippen molar-refractivity contribution in [2.24, 2.45) is 11.1 Å². The summed E-state index contributed by atoms with van der Waals surface area (Å²) in [4.78, 5) is 2.49. The smallest absolute Gasteiger partial charge is 0.0622 e. The second kappa shape index (κ2) is 5.48. The van der Waals surface area contributed by atoms with Crippen molar-refractivity contribution in [2.45, 2.75) is 44.6 Å². The van der Waals surface area contributed by atoms with Crippen LogP contribution in [0.2, 0.25) is 0 Å². The number of hydrogen-bond donors (Lipinski definition) is 1. The fraction of sp³-hybridized carbons (Fsp3) is 1.00. The van der Waals surface area contributed by atoms with Crippen molar-refractivity contribution >= 4 is 0 Å². The highest BCUT2D eigenvalue weighted by Gasteiger charge is 2.34. The lowest BCUT2D eigenvalue weighted by atomic mass is 9.73. The van der Waals surface area contributed by atoms with E-state index in [-0.39, 0.29) is 0 Å². The first-order chi connectivity index (χ1) is 7.76. The summed E-state index contributed by atoms with van der Waals surface area (Å²) in [5, 5.41) is 0. The van der Waals surface area contributed by atoms with Crippen LogP contribution < -0.4 is 5.73 Å². The van der Waals surface area contributed by atoms with Crippen LogP contribution in [0, 0.1) is 5.41 Å². The average molecular weight is 226 g/mol. The molecule has 1 atom stereocenters. The van der Waals surface area contributed by atoms with Crippen LogP contribution >= 0.6 is 0 Å². The van der Waals surface area contributed by atoms with Gasteiger partial charge in [-0.2, -0.15) is 0 Å². The van der Waals surface area contributed by atoms with Crippen molar-refractivity contribution in [2.75, 3.05) is 33.4 Å². The summed E-state index contributed by atoms with van der Waals surface area (Å²) in [6.45, 7) is 3.87. The van der Waals surface area contributed by atoms with Crippen molar-refractivity contribution in [3.05, 3.63) is 0 Å². The summed E-state index contributed by atoms with van der Waals surface area (Å²) in [5.41, 5.74) is 6.43. The van der Waals surface area contributed by atoms with Crippen molar-refractivity contribution in [1.82, 2.24) is 4.90 Å². The van der Waals surface area contributed by atoms with E-state index in [1.807, 2.05) is 0 Å². The molecule has 0 aromatic rings. The molecular weight excluding hydrogens is 200 g/mol. The van der Waals surface area contributed by atoms with Crippen LogP contribution in [0.15, 0.2) is 0 Å². The van der Waals surface area contributed by atoms with E-state index in [1.54, 1.807) is 0 Å². The highest BCUT2D eigenvalue weighted by Crippen LogP contribution is 2.36. The zero-order chi connectivity index (χ0) is 11.4. The van der Waals surface area contributed by atoms with Gasteiger partial charge in [-0.3, -0.25) is 0 Å². The Labute approximate surface area is 99.3 Å². The lowest BCUT2D eigenvalue weighted by molar-refractivity contribution is 0.0910. The number of likely N-dealkylation sites (N-methyl/N-ethyl adjacent to an activating group) is 1. The molecule has 2 fully saturated rings. The molecule has 1 aliphatic heterocycles. The first kappa shape index (κ1) is 12.3. The predicted molar refractivity (Wildman–Crippen MR) is 66.4 cm³/mol. The van der Waals surface area contributed by atoms with Gasteiger partial charge in [0.1, 0.15) is 0 Å². The molecule has 1 heterocycles. The van der Waals surface area contributed by atoms with Gasteiger partial charge in [-0.25, -0.2) is 0 Å². The molecule has 1 unspecified atom stereocenters. The molecule has 0 radical (unpaired) electrons. The number of nitrogens with zero attached hydrogens (tertiary/aromatic N) is 1. The molecule has 0 spiro atoms. The quantitative estimate of drug-likeness (QED) is 0.791. The summed E-state index contributed by atoms with van der Waals surface area (Å²) in [6, 6.07) is 0.630. The molecule has 0 aromatic heterocycles. The van der Waals surface area contributed by atoms with Crippen LogP contribution in [-0.4, -0.2) is 44.3 Å². The number of hydrogen-bond acceptors (Lipinski definition) is 3. The Morgan fingerprint density at radius 3 is 2.62 bits per heavy atom. The van der Waals surface area contributed by atoms with Crippen molar-refractivity contribution < 1.29 is 4.74 Å². The lowest BCUT2D eigenvalue weighted by Crippen LogP contribution is -2.46. The van der Waals surface area contributed by atoms with E-state index < -0.39 is 0 Å². The summed E-state index contributed by atoms with van der Waals surface area (Å²) < 4.78 is 5.46. The molecule has 1 saturated carbocycles. The normalized spacial score (nSPS) is 29.8. The number of ether oxygens (including phenoxy) is 1. The standard InChI is InChI=1S/C13H26N2O/c1-15(12-5-8-16-9-12)11-13(10-14)6-3-2-4-7-13/h12H,2-11,14H2,1H3. The van der Waals surface area contributed by atoms with E-state index in [9.17, 15) is 0 Å². The third kappa shape index (κ3) is 2.76. The van der Waals surface area contributed by atoms with E-state index in [0.29, 0.717) is 11.5 Å². The topological polar surface area (TPSA) is 38.5 Å². The Kier molecular flexibility index (Phi) is 4.22. The third-order valence-corrected chi connectivity index (χ3v) is 4.46. The highest BCUT2D eigenvalue weighted by atomic mass is 16.5. The minimum atomic E-state index is 0.398. The molecule has 2 rings (SSSR count). The van der Waals surface area contributed by atoms with Gasteiger partial charge in [0, 0.05) is 19.2 Å².